The summed E-state index contributed by atoms with van der Waals surface area (Å²) in [6.07, 6.45) is 21.2. The highest BCUT2D eigenvalue weighted by atomic mass is 19.1. The molecule has 0 aromatic heterocycles. The fourth-order valence-electron chi connectivity index (χ4n) is 5.57. The Morgan fingerprint density at radius 2 is 1.31 bits per heavy atom. The van der Waals surface area contributed by atoms with E-state index in [4.69, 9.17) is 0 Å². The lowest BCUT2D eigenvalue weighted by Crippen LogP contribution is -2.12. The molecule has 0 aliphatic heterocycles. The Kier molecular flexibility index (Phi) is 13.2. The van der Waals surface area contributed by atoms with Gasteiger partial charge in [0.2, 0.25) is 0 Å². The SMILES string of the molecule is CCCCCCCCCCc1ccc([C@H]2CC[C@H](C#Cc3ccc(CCCCC)c(F)c3)CC2)cc1. The van der Waals surface area contributed by atoms with Crippen molar-refractivity contribution >= 4 is 0 Å². The fraction of sp³-hybridized carbons (Fsp3) is 0.600. The summed E-state index contributed by atoms with van der Waals surface area (Å²) in [4.78, 5) is 0. The second-order valence-corrected chi connectivity index (χ2v) is 11.0. The largest absolute Gasteiger partial charge is 0.207 e. The maximum atomic E-state index is 14.4. The van der Waals surface area contributed by atoms with Gasteiger partial charge in [-0.2, -0.15) is 0 Å². The molecule has 0 unspecified atom stereocenters. The third-order valence-corrected chi connectivity index (χ3v) is 8.02. The number of hydrogen-bond donors (Lipinski definition) is 0. The van der Waals surface area contributed by atoms with Crippen LogP contribution in [0, 0.1) is 23.6 Å². The van der Waals surface area contributed by atoms with E-state index in [9.17, 15) is 4.39 Å². The van der Waals surface area contributed by atoms with Gasteiger partial charge in [0.05, 0.1) is 0 Å². The Bertz CT molecular complexity index is 921. The molecule has 0 heterocycles. The molecule has 0 amide bonds. The Labute approximate surface area is 221 Å². The predicted molar refractivity (Wildman–Crippen MR) is 154 cm³/mol. The molecule has 196 valence electrons. The highest BCUT2D eigenvalue weighted by molar-refractivity contribution is 5.37. The second-order valence-electron chi connectivity index (χ2n) is 11.0. The molecule has 0 spiro atoms. The molecule has 0 bridgehead atoms. The molecule has 1 fully saturated rings. The van der Waals surface area contributed by atoms with Crippen molar-refractivity contribution < 1.29 is 4.39 Å². The summed E-state index contributed by atoms with van der Waals surface area (Å²) in [5.41, 5.74) is 4.65. The maximum absolute atomic E-state index is 14.4. The fourth-order valence-corrected chi connectivity index (χ4v) is 5.57. The molecule has 3 rings (SSSR count). The topological polar surface area (TPSA) is 0 Å². The van der Waals surface area contributed by atoms with Gasteiger partial charge in [0.15, 0.2) is 0 Å². The van der Waals surface area contributed by atoms with Crippen LogP contribution in [0.3, 0.4) is 0 Å². The van der Waals surface area contributed by atoms with E-state index in [1.54, 1.807) is 6.07 Å². The zero-order valence-electron chi connectivity index (χ0n) is 23.1. The van der Waals surface area contributed by atoms with E-state index in [0.717, 1.165) is 49.7 Å². The van der Waals surface area contributed by atoms with Gasteiger partial charge in [0.25, 0.3) is 0 Å². The Morgan fingerprint density at radius 3 is 1.97 bits per heavy atom. The summed E-state index contributed by atoms with van der Waals surface area (Å²) in [5.74, 6) is 7.73. The standard InChI is InChI=1S/C35H49F/c1-3-5-7-8-9-10-11-13-14-29-18-23-32(24-19-29)33-25-20-30(21-26-33)16-17-31-22-27-34(35(36)28-31)15-12-6-4-2/h18-19,22-24,27-28,30,33H,3-15,20-21,25-26H2,1-2H3/t30-,33-. The molecular weight excluding hydrogens is 439 g/mol. The first-order valence-corrected chi connectivity index (χ1v) is 15.1. The number of rotatable bonds is 14. The van der Waals surface area contributed by atoms with Gasteiger partial charge in [-0.3, -0.25) is 0 Å². The van der Waals surface area contributed by atoms with Crippen LogP contribution in [0.15, 0.2) is 42.5 Å². The Hall–Kier alpha value is -2.07. The molecule has 0 atom stereocenters. The van der Waals surface area contributed by atoms with Crippen LogP contribution in [0.25, 0.3) is 0 Å². The predicted octanol–water partition coefficient (Wildman–Crippen LogP) is 10.6. The van der Waals surface area contributed by atoms with Gasteiger partial charge in [-0.25, -0.2) is 4.39 Å². The molecule has 2 aromatic rings. The average molecular weight is 489 g/mol. The molecule has 1 aliphatic carbocycles. The van der Waals surface area contributed by atoms with E-state index in [1.165, 1.54) is 81.8 Å². The first kappa shape index (κ1) is 28.5. The third kappa shape index (κ3) is 10.1. The zero-order valence-corrected chi connectivity index (χ0v) is 23.1. The van der Waals surface area contributed by atoms with Gasteiger partial charge in [0.1, 0.15) is 5.82 Å². The molecule has 0 radical (unpaired) electrons. The van der Waals surface area contributed by atoms with E-state index in [1.807, 2.05) is 12.1 Å². The monoisotopic (exact) mass is 488 g/mol. The van der Waals surface area contributed by atoms with Crippen molar-refractivity contribution in [1.29, 1.82) is 0 Å². The van der Waals surface area contributed by atoms with Gasteiger partial charge in [-0.1, -0.05) is 114 Å². The van der Waals surface area contributed by atoms with Gasteiger partial charge in [-0.05, 0) is 86.1 Å². The van der Waals surface area contributed by atoms with Gasteiger partial charge in [-0.15, -0.1) is 0 Å². The average Bonchev–Trinajstić information content (AvgIpc) is 2.91. The summed E-state index contributed by atoms with van der Waals surface area (Å²) in [5, 5.41) is 0. The summed E-state index contributed by atoms with van der Waals surface area (Å²) in [6.45, 7) is 4.46. The highest BCUT2D eigenvalue weighted by Gasteiger charge is 2.21. The van der Waals surface area contributed by atoms with E-state index < -0.39 is 0 Å². The normalized spacial score (nSPS) is 17.5. The lowest BCUT2D eigenvalue weighted by atomic mass is 9.78. The molecular formula is C35H49F. The van der Waals surface area contributed by atoms with Crippen molar-refractivity contribution in [3.63, 3.8) is 0 Å². The Balaban J connectivity index is 1.37. The first-order chi connectivity index (χ1) is 17.7. The minimum Gasteiger partial charge on any atom is -0.207 e. The van der Waals surface area contributed by atoms with Crippen LogP contribution in [-0.2, 0) is 12.8 Å². The number of aryl methyl sites for hydroxylation is 2. The second kappa shape index (κ2) is 16.6. The van der Waals surface area contributed by atoms with Crippen LogP contribution in [0.1, 0.15) is 138 Å². The van der Waals surface area contributed by atoms with Crippen LogP contribution in [0.2, 0.25) is 0 Å². The summed E-state index contributed by atoms with van der Waals surface area (Å²) >= 11 is 0. The zero-order chi connectivity index (χ0) is 25.4. The minimum absolute atomic E-state index is 0.0903. The van der Waals surface area contributed by atoms with Crippen molar-refractivity contribution in [2.75, 3.05) is 0 Å². The van der Waals surface area contributed by atoms with Crippen molar-refractivity contribution in [2.45, 2.75) is 129 Å². The first-order valence-electron chi connectivity index (χ1n) is 15.1. The molecule has 1 saturated carbocycles. The van der Waals surface area contributed by atoms with Crippen LogP contribution in [0.5, 0.6) is 0 Å². The van der Waals surface area contributed by atoms with E-state index >= 15 is 0 Å². The van der Waals surface area contributed by atoms with Crippen LogP contribution in [-0.4, -0.2) is 0 Å². The van der Waals surface area contributed by atoms with E-state index in [0.29, 0.717) is 11.8 Å². The number of halogens is 1. The maximum Gasteiger partial charge on any atom is 0.127 e. The van der Waals surface area contributed by atoms with E-state index in [2.05, 4.69) is 50.0 Å². The van der Waals surface area contributed by atoms with Gasteiger partial charge < -0.3 is 0 Å². The molecule has 0 N–H and O–H groups in total. The molecule has 0 saturated heterocycles. The lowest BCUT2D eigenvalue weighted by molar-refractivity contribution is 0.384. The summed E-state index contributed by atoms with van der Waals surface area (Å²) in [7, 11) is 0. The van der Waals surface area contributed by atoms with E-state index in [-0.39, 0.29) is 5.82 Å². The number of unbranched alkanes of at least 4 members (excludes halogenated alkanes) is 9. The van der Waals surface area contributed by atoms with Crippen molar-refractivity contribution in [3.05, 3.63) is 70.5 Å². The minimum atomic E-state index is -0.0903. The molecule has 2 aromatic carbocycles. The van der Waals surface area contributed by atoms with Crippen LogP contribution < -0.4 is 0 Å². The van der Waals surface area contributed by atoms with Gasteiger partial charge >= 0.3 is 0 Å². The van der Waals surface area contributed by atoms with Gasteiger partial charge in [0, 0.05) is 11.5 Å². The molecule has 1 aliphatic rings. The van der Waals surface area contributed by atoms with Crippen molar-refractivity contribution in [3.8, 4) is 11.8 Å². The highest BCUT2D eigenvalue weighted by Crippen LogP contribution is 2.35. The van der Waals surface area contributed by atoms with Crippen molar-refractivity contribution in [1.82, 2.24) is 0 Å². The van der Waals surface area contributed by atoms with Crippen LogP contribution >= 0.6 is 0 Å². The number of benzene rings is 2. The number of hydrogen-bond acceptors (Lipinski definition) is 0. The molecule has 0 nitrogen and oxygen atoms in total. The smallest absolute Gasteiger partial charge is 0.127 e. The molecule has 36 heavy (non-hydrogen) atoms. The Morgan fingerprint density at radius 1 is 0.694 bits per heavy atom. The lowest BCUT2D eigenvalue weighted by Gasteiger charge is -2.26. The summed E-state index contributed by atoms with van der Waals surface area (Å²) < 4.78 is 14.4. The quantitative estimate of drug-likeness (QED) is 0.183. The summed E-state index contributed by atoms with van der Waals surface area (Å²) in [6, 6.07) is 15.0. The van der Waals surface area contributed by atoms with Crippen molar-refractivity contribution in [2.24, 2.45) is 5.92 Å². The van der Waals surface area contributed by atoms with Crippen LogP contribution in [0.4, 0.5) is 4.39 Å². The third-order valence-electron chi connectivity index (χ3n) is 8.02. The molecule has 1 heteroatoms.